The van der Waals surface area contributed by atoms with Gasteiger partial charge in [-0.15, -0.1) is 0 Å². The fourth-order valence-electron chi connectivity index (χ4n) is 0.407. The lowest BCUT2D eigenvalue weighted by atomic mass is 10.2. The van der Waals surface area contributed by atoms with Crippen molar-refractivity contribution in [2.75, 3.05) is 0 Å². The van der Waals surface area contributed by atoms with E-state index in [2.05, 4.69) is 26.2 Å². The molecule has 0 aromatic carbocycles. The minimum atomic E-state index is 0.380. The predicted octanol–water partition coefficient (Wildman–Crippen LogP) is 1.57. The fraction of sp³-hybridized carbons (Fsp3) is 0.778. The molecule has 5 N–H and O–H groups in total. The highest BCUT2D eigenvalue weighted by atomic mass is 15.2. The summed E-state index contributed by atoms with van der Waals surface area (Å²) in [5, 5.41) is 0. The van der Waals surface area contributed by atoms with Gasteiger partial charge in [-0.05, 0) is 11.8 Å². The van der Waals surface area contributed by atoms with Crippen LogP contribution in [0.15, 0.2) is 11.9 Å². The van der Waals surface area contributed by atoms with Crippen LogP contribution < -0.4 is 17.0 Å². The van der Waals surface area contributed by atoms with Gasteiger partial charge in [-0.2, -0.15) is 0 Å². The molecule has 3 nitrogen and oxygen atoms in total. The van der Waals surface area contributed by atoms with Crippen molar-refractivity contribution in [1.29, 1.82) is 0 Å². The van der Waals surface area contributed by atoms with Crippen LogP contribution in [-0.2, 0) is 0 Å². The Labute approximate surface area is 76.2 Å². The van der Waals surface area contributed by atoms with Crippen molar-refractivity contribution in [1.82, 2.24) is 5.43 Å². The van der Waals surface area contributed by atoms with Crippen LogP contribution in [-0.4, -0.2) is 0 Å². The Balaban J connectivity index is 0. The maximum atomic E-state index is 5.18. The minimum absolute atomic E-state index is 0.380. The summed E-state index contributed by atoms with van der Waals surface area (Å²) < 4.78 is 0. The summed E-state index contributed by atoms with van der Waals surface area (Å²) >= 11 is 0. The second-order valence-corrected chi connectivity index (χ2v) is 3.65. The highest BCUT2D eigenvalue weighted by molar-refractivity contribution is 4.97. The van der Waals surface area contributed by atoms with E-state index in [9.17, 15) is 0 Å². The van der Waals surface area contributed by atoms with E-state index in [-0.39, 0.29) is 0 Å². The van der Waals surface area contributed by atoms with Gasteiger partial charge in [0.05, 0.1) is 0 Å². The van der Waals surface area contributed by atoms with Crippen LogP contribution in [0.4, 0.5) is 0 Å². The number of allylic oxidation sites excluding steroid dienone is 1. The first-order chi connectivity index (χ1) is 5.45. The van der Waals surface area contributed by atoms with E-state index in [0.717, 1.165) is 11.6 Å². The van der Waals surface area contributed by atoms with E-state index in [1.54, 1.807) is 0 Å². The second kappa shape index (κ2) is 8.40. The van der Waals surface area contributed by atoms with Gasteiger partial charge in [-0.25, -0.2) is 0 Å². The van der Waals surface area contributed by atoms with Gasteiger partial charge in [0.2, 0.25) is 0 Å². The van der Waals surface area contributed by atoms with Gasteiger partial charge in [-0.1, -0.05) is 34.6 Å². The maximum Gasteiger partial charge on any atom is 0.0439 e. The molecule has 0 aliphatic heterocycles. The third kappa shape index (κ3) is 12.0. The molecule has 0 unspecified atom stereocenters. The summed E-state index contributed by atoms with van der Waals surface area (Å²) in [6.45, 7) is 10.5. The highest BCUT2D eigenvalue weighted by Gasteiger charge is 1.96. The van der Waals surface area contributed by atoms with Gasteiger partial charge in [0.1, 0.15) is 0 Å². The van der Waals surface area contributed by atoms with Crippen molar-refractivity contribution in [2.45, 2.75) is 34.6 Å². The molecule has 0 bridgehead atoms. The average Bonchev–Trinajstić information content (AvgIpc) is 1.87. The van der Waals surface area contributed by atoms with Crippen molar-refractivity contribution in [3.8, 4) is 0 Å². The zero-order chi connectivity index (χ0) is 10.1. The van der Waals surface area contributed by atoms with Crippen LogP contribution >= 0.6 is 0 Å². The van der Waals surface area contributed by atoms with Gasteiger partial charge >= 0.3 is 0 Å². The van der Waals surface area contributed by atoms with Gasteiger partial charge in [0, 0.05) is 11.9 Å². The molecule has 0 amide bonds. The molecule has 0 aromatic rings. The summed E-state index contributed by atoms with van der Waals surface area (Å²) in [7, 11) is 0. The maximum absolute atomic E-state index is 5.18. The van der Waals surface area contributed by atoms with Crippen molar-refractivity contribution in [3.05, 3.63) is 11.9 Å². The first-order valence-corrected chi connectivity index (χ1v) is 4.34. The Morgan fingerprint density at radius 2 is 1.50 bits per heavy atom. The molecule has 0 aliphatic rings. The Morgan fingerprint density at radius 1 is 1.17 bits per heavy atom. The first-order valence-electron chi connectivity index (χ1n) is 4.34. The van der Waals surface area contributed by atoms with E-state index in [1.807, 2.05) is 13.8 Å². The van der Waals surface area contributed by atoms with Crippen molar-refractivity contribution in [2.24, 2.45) is 23.4 Å². The highest BCUT2D eigenvalue weighted by Crippen LogP contribution is 2.00. The molecule has 0 radical (unpaired) electrons. The molecule has 12 heavy (non-hydrogen) atoms. The van der Waals surface area contributed by atoms with Gasteiger partial charge < -0.3 is 11.2 Å². The molecule has 0 rings (SSSR count). The minimum Gasteiger partial charge on any atom is -0.403 e. The van der Waals surface area contributed by atoms with Crippen LogP contribution in [0, 0.1) is 11.8 Å². The predicted molar refractivity (Wildman–Crippen MR) is 54.9 cm³/mol. The van der Waals surface area contributed by atoms with Crippen LogP contribution in [0.1, 0.15) is 34.6 Å². The van der Waals surface area contributed by atoms with E-state index in [4.69, 9.17) is 11.6 Å². The third-order valence-corrected chi connectivity index (χ3v) is 0.968. The standard InChI is InChI=1S/C5H13N3.C4H10/c1-4(2)5(3-6)8-7;1-4(2)3/h3-4,8H,6-7H2,1-2H3;4H,1-3H3/b5-3-;. The number of hydrogen-bond acceptors (Lipinski definition) is 3. The Bertz CT molecular complexity index is 114. The van der Waals surface area contributed by atoms with E-state index in [0.29, 0.717) is 5.92 Å². The molecular weight excluding hydrogens is 150 g/mol. The van der Waals surface area contributed by atoms with E-state index < -0.39 is 0 Å². The smallest absolute Gasteiger partial charge is 0.0439 e. The number of nitrogens with two attached hydrogens (primary N) is 2. The quantitative estimate of drug-likeness (QED) is 0.438. The molecule has 0 saturated heterocycles. The fourth-order valence-corrected chi connectivity index (χ4v) is 0.407. The normalized spacial score (nSPS) is 11.2. The second-order valence-electron chi connectivity index (χ2n) is 3.65. The van der Waals surface area contributed by atoms with E-state index in [1.165, 1.54) is 6.20 Å². The molecule has 0 heterocycles. The topological polar surface area (TPSA) is 64.1 Å². The van der Waals surface area contributed by atoms with Gasteiger partial charge in [0.15, 0.2) is 0 Å². The molecule has 0 spiro atoms. The number of hydrogen-bond donors (Lipinski definition) is 3. The lowest BCUT2D eigenvalue weighted by Crippen LogP contribution is -2.25. The Morgan fingerprint density at radius 3 is 1.50 bits per heavy atom. The summed E-state index contributed by atoms with van der Waals surface area (Å²) in [6.07, 6.45) is 1.48. The van der Waals surface area contributed by atoms with Gasteiger partial charge in [-0.3, -0.25) is 5.84 Å². The number of rotatable bonds is 2. The molecule has 0 aromatic heterocycles. The first kappa shape index (κ1) is 13.9. The van der Waals surface area contributed by atoms with Crippen LogP contribution in [0.3, 0.4) is 0 Å². The van der Waals surface area contributed by atoms with Crippen LogP contribution in [0.25, 0.3) is 0 Å². The summed E-state index contributed by atoms with van der Waals surface area (Å²) in [4.78, 5) is 0. The molecule has 0 atom stereocenters. The lowest BCUT2D eigenvalue weighted by molar-refractivity contribution is 0.669. The van der Waals surface area contributed by atoms with Crippen LogP contribution in [0.2, 0.25) is 0 Å². The molecule has 0 saturated carbocycles. The zero-order valence-corrected chi connectivity index (χ0v) is 8.89. The van der Waals surface area contributed by atoms with E-state index >= 15 is 0 Å². The van der Waals surface area contributed by atoms with Crippen molar-refractivity contribution in [3.63, 3.8) is 0 Å². The third-order valence-electron chi connectivity index (χ3n) is 0.968. The largest absolute Gasteiger partial charge is 0.403 e. The number of hydrazine groups is 1. The van der Waals surface area contributed by atoms with Crippen LogP contribution in [0.5, 0.6) is 0 Å². The average molecular weight is 173 g/mol. The molecular formula is C9H23N3. The zero-order valence-electron chi connectivity index (χ0n) is 8.89. The summed E-state index contributed by atoms with van der Waals surface area (Å²) in [5.74, 6) is 6.30. The Hall–Kier alpha value is -0.700. The molecule has 0 fully saturated rings. The van der Waals surface area contributed by atoms with Crippen molar-refractivity contribution < 1.29 is 0 Å². The molecule has 0 aliphatic carbocycles. The Kier molecular flexibility index (Phi) is 9.70. The van der Waals surface area contributed by atoms with Gasteiger partial charge in [0.25, 0.3) is 0 Å². The molecule has 74 valence electrons. The monoisotopic (exact) mass is 173 g/mol. The SMILES string of the molecule is CC(C)/C(=C/N)NN.CC(C)C. The molecule has 3 heteroatoms. The summed E-state index contributed by atoms with van der Waals surface area (Å²) in [6, 6.07) is 0. The van der Waals surface area contributed by atoms with Crippen molar-refractivity contribution >= 4 is 0 Å². The summed E-state index contributed by atoms with van der Waals surface area (Å²) in [5.41, 5.74) is 8.53. The lowest BCUT2D eigenvalue weighted by Gasteiger charge is -2.07. The number of nitrogens with one attached hydrogen (secondary N) is 1.